The number of nitrogens with zero attached hydrogens (tertiary/aromatic N) is 2. The minimum atomic E-state index is -0.412. The van der Waals surface area contributed by atoms with E-state index in [1.807, 2.05) is 6.92 Å². The first-order chi connectivity index (χ1) is 8.66. The summed E-state index contributed by atoms with van der Waals surface area (Å²) < 4.78 is 5.10. The molecule has 0 radical (unpaired) electrons. The lowest BCUT2D eigenvalue weighted by molar-refractivity contribution is 0.0462. The van der Waals surface area contributed by atoms with Gasteiger partial charge in [0.2, 0.25) is 0 Å². The summed E-state index contributed by atoms with van der Waals surface area (Å²) in [5.74, 6) is 0.0589. The van der Waals surface area contributed by atoms with E-state index in [2.05, 4.69) is 9.97 Å². The molecule has 5 nitrogen and oxygen atoms in total. The van der Waals surface area contributed by atoms with Crippen molar-refractivity contribution < 1.29 is 9.53 Å². The third-order valence-electron chi connectivity index (χ3n) is 2.46. The summed E-state index contributed by atoms with van der Waals surface area (Å²) in [7, 11) is 0. The van der Waals surface area contributed by atoms with Gasteiger partial charge in [-0.2, -0.15) is 0 Å². The van der Waals surface area contributed by atoms with Crippen LogP contribution >= 0.6 is 0 Å². The number of ether oxygens (including phenoxy) is 1. The van der Waals surface area contributed by atoms with E-state index in [1.165, 1.54) is 0 Å². The lowest BCUT2D eigenvalue weighted by Crippen LogP contribution is -2.07. The van der Waals surface area contributed by atoms with E-state index in [1.54, 1.807) is 36.7 Å². The minimum absolute atomic E-state index is 0.0586. The van der Waals surface area contributed by atoms with Gasteiger partial charge < -0.3 is 10.5 Å². The van der Waals surface area contributed by atoms with Crippen molar-refractivity contribution >= 4 is 11.7 Å². The average Bonchev–Trinajstić information content (AvgIpc) is 2.40. The lowest BCUT2D eigenvalue weighted by Gasteiger charge is -2.05. The zero-order valence-electron chi connectivity index (χ0n) is 9.96. The number of anilines is 1. The Morgan fingerprint density at radius 2 is 2.06 bits per heavy atom. The van der Waals surface area contributed by atoms with Gasteiger partial charge in [0, 0.05) is 18.1 Å². The van der Waals surface area contributed by atoms with Crippen LogP contribution in [0.1, 0.15) is 21.7 Å². The van der Waals surface area contributed by atoms with Gasteiger partial charge in [-0.05, 0) is 36.8 Å². The molecule has 2 N–H and O–H groups in total. The first-order valence-corrected chi connectivity index (χ1v) is 5.46. The number of nitrogens with two attached hydrogens (primary N) is 1. The highest BCUT2D eigenvalue weighted by Crippen LogP contribution is 2.13. The molecule has 0 saturated heterocycles. The number of benzene rings is 1. The number of carbonyl (C=O) groups excluding carboxylic acids is 1. The number of carbonyl (C=O) groups is 1. The molecular weight excluding hydrogens is 230 g/mol. The van der Waals surface area contributed by atoms with Gasteiger partial charge in [0.15, 0.2) is 12.4 Å². The fourth-order valence-electron chi connectivity index (χ4n) is 1.42. The molecule has 0 unspecified atom stereocenters. The number of nitrogen functional groups attached to an aromatic ring is 1. The van der Waals surface area contributed by atoms with Crippen molar-refractivity contribution in [2.24, 2.45) is 0 Å². The van der Waals surface area contributed by atoms with Crippen LogP contribution in [0.3, 0.4) is 0 Å². The Bertz CT molecular complexity index is 555. The van der Waals surface area contributed by atoms with Crippen LogP contribution in [0.4, 0.5) is 5.69 Å². The molecule has 0 amide bonds. The molecule has 0 aliphatic carbocycles. The molecule has 1 aromatic carbocycles. The van der Waals surface area contributed by atoms with E-state index in [9.17, 15) is 4.79 Å². The fraction of sp³-hybridized carbons (Fsp3) is 0.154. The first-order valence-electron chi connectivity index (χ1n) is 5.46. The number of aromatic nitrogens is 2. The van der Waals surface area contributed by atoms with Crippen LogP contribution in [0.2, 0.25) is 0 Å². The average molecular weight is 243 g/mol. The molecule has 1 aromatic heterocycles. The fourth-order valence-corrected chi connectivity index (χ4v) is 1.42. The van der Waals surface area contributed by atoms with Crippen molar-refractivity contribution in [1.82, 2.24) is 9.97 Å². The van der Waals surface area contributed by atoms with Crippen LogP contribution in [0.15, 0.2) is 36.7 Å². The van der Waals surface area contributed by atoms with Crippen molar-refractivity contribution in [3.8, 4) is 0 Å². The van der Waals surface area contributed by atoms with Crippen LogP contribution in [0.25, 0.3) is 0 Å². The molecule has 0 atom stereocenters. The quantitative estimate of drug-likeness (QED) is 0.656. The van der Waals surface area contributed by atoms with Crippen molar-refractivity contribution in [3.05, 3.63) is 53.6 Å². The third kappa shape index (κ3) is 2.82. The zero-order chi connectivity index (χ0) is 13.0. The zero-order valence-corrected chi connectivity index (χ0v) is 9.96. The molecular formula is C13H13N3O2. The Kier molecular flexibility index (Phi) is 3.52. The summed E-state index contributed by atoms with van der Waals surface area (Å²) >= 11 is 0. The summed E-state index contributed by atoms with van der Waals surface area (Å²) in [6, 6.07) is 6.72. The molecule has 0 aliphatic rings. The predicted octanol–water partition coefficient (Wildman–Crippen LogP) is 1.72. The van der Waals surface area contributed by atoms with E-state index in [0.29, 0.717) is 17.1 Å². The lowest BCUT2D eigenvalue weighted by atomic mass is 10.1. The second kappa shape index (κ2) is 5.27. The molecule has 92 valence electrons. The molecule has 2 aromatic rings. The molecule has 0 fully saturated rings. The third-order valence-corrected chi connectivity index (χ3v) is 2.46. The normalized spacial score (nSPS) is 10.1. The maximum Gasteiger partial charge on any atom is 0.338 e. The van der Waals surface area contributed by atoms with Crippen molar-refractivity contribution in [2.45, 2.75) is 13.5 Å². The monoisotopic (exact) mass is 243 g/mol. The number of aryl methyl sites for hydroxylation is 1. The van der Waals surface area contributed by atoms with E-state index in [4.69, 9.17) is 10.5 Å². The van der Waals surface area contributed by atoms with E-state index in [-0.39, 0.29) is 6.61 Å². The summed E-state index contributed by atoms with van der Waals surface area (Å²) in [6.07, 6.45) is 3.20. The van der Waals surface area contributed by atoms with Gasteiger partial charge in [-0.3, -0.25) is 0 Å². The van der Waals surface area contributed by atoms with Gasteiger partial charge in [-0.1, -0.05) is 0 Å². The minimum Gasteiger partial charge on any atom is -0.454 e. The number of hydrogen-bond acceptors (Lipinski definition) is 5. The SMILES string of the molecule is Cc1cc(C(=O)OCc2ncccn2)ccc1N. The second-order valence-electron chi connectivity index (χ2n) is 3.81. The maximum atomic E-state index is 11.8. The van der Waals surface area contributed by atoms with Gasteiger partial charge >= 0.3 is 5.97 Å². The molecule has 0 bridgehead atoms. The largest absolute Gasteiger partial charge is 0.454 e. The van der Waals surface area contributed by atoms with Crippen LogP contribution in [-0.2, 0) is 11.3 Å². The summed E-state index contributed by atoms with van der Waals surface area (Å²) in [4.78, 5) is 19.7. The predicted molar refractivity (Wildman–Crippen MR) is 66.7 cm³/mol. The van der Waals surface area contributed by atoms with Gasteiger partial charge in [-0.25, -0.2) is 14.8 Å². The van der Waals surface area contributed by atoms with Crippen LogP contribution in [0, 0.1) is 6.92 Å². The molecule has 0 saturated carbocycles. The summed E-state index contributed by atoms with van der Waals surface area (Å²) in [5.41, 5.74) is 7.65. The van der Waals surface area contributed by atoms with Gasteiger partial charge in [0.05, 0.1) is 5.56 Å². The molecule has 5 heteroatoms. The van der Waals surface area contributed by atoms with Crippen LogP contribution < -0.4 is 5.73 Å². The molecule has 0 spiro atoms. The second-order valence-corrected chi connectivity index (χ2v) is 3.81. The van der Waals surface area contributed by atoms with E-state index >= 15 is 0 Å². The van der Waals surface area contributed by atoms with Gasteiger partial charge in [-0.15, -0.1) is 0 Å². The van der Waals surface area contributed by atoms with Crippen molar-refractivity contribution in [3.63, 3.8) is 0 Å². The molecule has 0 aliphatic heterocycles. The summed E-state index contributed by atoms with van der Waals surface area (Å²) in [5, 5.41) is 0. The first kappa shape index (κ1) is 12.0. The number of rotatable bonds is 3. The Labute approximate surface area is 105 Å². The standard InChI is InChI=1S/C13H13N3O2/c1-9-7-10(3-4-11(9)14)13(17)18-8-12-15-5-2-6-16-12/h2-7H,8,14H2,1H3. The van der Waals surface area contributed by atoms with Crippen molar-refractivity contribution in [1.29, 1.82) is 0 Å². The van der Waals surface area contributed by atoms with Crippen LogP contribution in [0.5, 0.6) is 0 Å². The smallest absolute Gasteiger partial charge is 0.338 e. The maximum absolute atomic E-state index is 11.8. The molecule has 2 rings (SSSR count). The number of esters is 1. The number of hydrogen-bond donors (Lipinski definition) is 1. The Hall–Kier alpha value is -2.43. The van der Waals surface area contributed by atoms with Crippen LogP contribution in [-0.4, -0.2) is 15.9 Å². The highest BCUT2D eigenvalue weighted by molar-refractivity contribution is 5.90. The topological polar surface area (TPSA) is 78.1 Å². The highest BCUT2D eigenvalue weighted by Gasteiger charge is 2.09. The van der Waals surface area contributed by atoms with E-state index < -0.39 is 5.97 Å². The summed E-state index contributed by atoms with van der Waals surface area (Å²) in [6.45, 7) is 1.90. The van der Waals surface area contributed by atoms with Gasteiger partial charge in [0.25, 0.3) is 0 Å². The van der Waals surface area contributed by atoms with E-state index in [0.717, 1.165) is 5.56 Å². The Morgan fingerprint density at radius 3 is 2.72 bits per heavy atom. The molecule has 18 heavy (non-hydrogen) atoms. The molecule has 1 heterocycles. The highest BCUT2D eigenvalue weighted by atomic mass is 16.5. The van der Waals surface area contributed by atoms with Crippen molar-refractivity contribution in [2.75, 3.05) is 5.73 Å². The Balaban J connectivity index is 2.02. The van der Waals surface area contributed by atoms with Gasteiger partial charge in [0.1, 0.15) is 0 Å². The Morgan fingerprint density at radius 1 is 1.33 bits per heavy atom.